The van der Waals surface area contributed by atoms with E-state index in [0.29, 0.717) is 12.1 Å². The molecule has 0 unspecified atom stereocenters. The van der Waals surface area contributed by atoms with Crippen molar-refractivity contribution in [2.24, 2.45) is 0 Å². The first-order valence-electron chi connectivity index (χ1n) is 4.20. The van der Waals surface area contributed by atoms with Gasteiger partial charge in [-0.15, -0.1) is 0 Å². The van der Waals surface area contributed by atoms with Crippen molar-refractivity contribution in [1.82, 2.24) is 10.3 Å². The summed E-state index contributed by atoms with van der Waals surface area (Å²) in [4.78, 5) is 24.6. The molecule has 1 aromatic rings. The van der Waals surface area contributed by atoms with Gasteiger partial charge in [0.05, 0.1) is 5.56 Å². The molecule has 1 amide bonds. The Kier molecular flexibility index (Phi) is 4.25. The number of carbonyl (C=O) groups excluding carboxylic acids is 1. The smallest absolute Gasteiger partial charge is 0.252 e. The Balaban J connectivity index is 2.52. The molecule has 76 valence electrons. The normalized spacial score (nSPS) is 9.79. The Morgan fingerprint density at radius 2 is 2.36 bits per heavy atom. The second kappa shape index (κ2) is 5.49. The molecule has 2 N–H and O–H groups in total. The van der Waals surface area contributed by atoms with Crippen LogP contribution in [0.15, 0.2) is 23.1 Å². The van der Waals surface area contributed by atoms with Crippen LogP contribution in [-0.4, -0.2) is 29.4 Å². The predicted molar refractivity (Wildman–Crippen MR) is 57.8 cm³/mol. The van der Waals surface area contributed by atoms with E-state index in [1.54, 1.807) is 11.8 Å². The molecule has 0 aliphatic carbocycles. The highest BCUT2D eigenvalue weighted by atomic mass is 32.2. The third-order valence-electron chi connectivity index (χ3n) is 1.64. The number of thioether (sulfide) groups is 1. The van der Waals surface area contributed by atoms with Gasteiger partial charge in [-0.2, -0.15) is 11.8 Å². The summed E-state index contributed by atoms with van der Waals surface area (Å²) in [5, 5.41) is 2.74. The maximum Gasteiger partial charge on any atom is 0.252 e. The maximum atomic E-state index is 11.4. The van der Waals surface area contributed by atoms with Crippen LogP contribution in [0, 0.1) is 0 Å². The lowest BCUT2D eigenvalue weighted by atomic mass is 10.3. The first-order valence-corrected chi connectivity index (χ1v) is 5.59. The molecule has 0 atom stereocenters. The van der Waals surface area contributed by atoms with Crippen molar-refractivity contribution in [3.63, 3.8) is 0 Å². The van der Waals surface area contributed by atoms with Crippen molar-refractivity contribution in [2.45, 2.75) is 0 Å². The molecule has 0 fully saturated rings. The third-order valence-corrected chi connectivity index (χ3v) is 2.25. The maximum absolute atomic E-state index is 11.4. The first kappa shape index (κ1) is 10.8. The number of rotatable bonds is 4. The van der Waals surface area contributed by atoms with Crippen LogP contribution in [0.1, 0.15) is 10.4 Å². The molecule has 0 aromatic carbocycles. The first-order chi connectivity index (χ1) is 6.74. The Hall–Kier alpha value is -1.23. The van der Waals surface area contributed by atoms with E-state index >= 15 is 0 Å². The summed E-state index contributed by atoms with van der Waals surface area (Å²) in [6.45, 7) is 0.638. The van der Waals surface area contributed by atoms with Gasteiger partial charge in [-0.3, -0.25) is 9.59 Å². The average Bonchev–Trinajstić information content (AvgIpc) is 2.19. The van der Waals surface area contributed by atoms with E-state index in [9.17, 15) is 9.59 Å². The number of H-pyrrole nitrogens is 1. The summed E-state index contributed by atoms with van der Waals surface area (Å²) in [6, 6.07) is 2.84. The van der Waals surface area contributed by atoms with Gasteiger partial charge in [0.15, 0.2) is 0 Å². The lowest BCUT2D eigenvalue weighted by molar-refractivity contribution is 0.0956. The van der Waals surface area contributed by atoms with Gasteiger partial charge in [0.2, 0.25) is 5.56 Å². The third kappa shape index (κ3) is 3.26. The van der Waals surface area contributed by atoms with E-state index in [0.717, 1.165) is 5.75 Å². The Labute approximate surface area is 86.1 Å². The molecular weight excluding hydrogens is 200 g/mol. The van der Waals surface area contributed by atoms with E-state index in [2.05, 4.69) is 10.3 Å². The summed E-state index contributed by atoms with van der Waals surface area (Å²) in [7, 11) is 0. The van der Waals surface area contributed by atoms with Crippen LogP contribution in [0.4, 0.5) is 0 Å². The van der Waals surface area contributed by atoms with Gasteiger partial charge in [0, 0.05) is 24.6 Å². The van der Waals surface area contributed by atoms with Crippen LogP contribution in [-0.2, 0) is 0 Å². The van der Waals surface area contributed by atoms with Crippen LogP contribution in [0.25, 0.3) is 0 Å². The van der Waals surface area contributed by atoms with Crippen molar-refractivity contribution in [3.8, 4) is 0 Å². The molecule has 4 nitrogen and oxygen atoms in total. The molecule has 0 radical (unpaired) electrons. The summed E-state index contributed by atoms with van der Waals surface area (Å²) in [6.07, 6.45) is 3.39. The van der Waals surface area contributed by atoms with Gasteiger partial charge in [0.1, 0.15) is 0 Å². The number of hydrogen-bond acceptors (Lipinski definition) is 3. The monoisotopic (exact) mass is 212 g/mol. The van der Waals surface area contributed by atoms with Crippen molar-refractivity contribution < 1.29 is 4.79 Å². The molecule has 1 rings (SSSR count). The number of pyridine rings is 1. The zero-order valence-corrected chi connectivity index (χ0v) is 8.69. The number of aromatic amines is 1. The Morgan fingerprint density at radius 3 is 2.93 bits per heavy atom. The standard InChI is InChI=1S/C9H12N2O2S/c1-14-5-4-10-9(13)7-2-3-8(12)11-6-7/h2-3,6H,4-5H2,1H3,(H,10,13)(H,11,12). The van der Waals surface area contributed by atoms with Gasteiger partial charge < -0.3 is 10.3 Å². The van der Waals surface area contributed by atoms with Crippen LogP contribution in [0.5, 0.6) is 0 Å². The van der Waals surface area contributed by atoms with Crippen LogP contribution >= 0.6 is 11.8 Å². The van der Waals surface area contributed by atoms with Gasteiger partial charge in [-0.05, 0) is 12.3 Å². The molecule has 1 aromatic heterocycles. The van der Waals surface area contributed by atoms with Gasteiger partial charge in [0.25, 0.3) is 5.91 Å². The highest BCUT2D eigenvalue weighted by Crippen LogP contribution is 1.93. The van der Waals surface area contributed by atoms with Crippen molar-refractivity contribution in [1.29, 1.82) is 0 Å². The number of aromatic nitrogens is 1. The number of hydrogen-bond donors (Lipinski definition) is 2. The molecule has 5 heteroatoms. The Morgan fingerprint density at radius 1 is 1.57 bits per heavy atom. The second-order valence-electron chi connectivity index (χ2n) is 2.69. The summed E-state index contributed by atoms with van der Waals surface area (Å²) in [5.74, 6) is 0.727. The highest BCUT2D eigenvalue weighted by molar-refractivity contribution is 7.98. The minimum absolute atomic E-state index is 0.157. The van der Waals surface area contributed by atoms with E-state index in [1.807, 2.05) is 6.26 Å². The summed E-state index contributed by atoms with van der Waals surface area (Å²) < 4.78 is 0. The number of amides is 1. The van der Waals surface area contributed by atoms with Crippen LogP contribution < -0.4 is 10.9 Å². The summed E-state index contributed by atoms with van der Waals surface area (Å²) in [5.41, 5.74) is 0.274. The topological polar surface area (TPSA) is 62.0 Å². The molecular formula is C9H12N2O2S. The largest absolute Gasteiger partial charge is 0.351 e. The molecule has 0 saturated heterocycles. The zero-order valence-electron chi connectivity index (χ0n) is 7.87. The average molecular weight is 212 g/mol. The lowest BCUT2D eigenvalue weighted by Crippen LogP contribution is -2.26. The molecule has 0 spiro atoms. The van der Waals surface area contributed by atoms with Crippen molar-refractivity contribution >= 4 is 17.7 Å². The van der Waals surface area contributed by atoms with Crippen LogP contribution in [0.3, 0.4) is 0 Å². The van der Waals surface area contributed by atoms with E-state index in [-0.39, 0.29) is 11.5 Å². The lowest BCUT2D eigenvalue weighted by Gasteiger charge is -2.02. The molecule has 0 aliphatic rings. The minimum Gasteiger partial charge on any atom is -0.351 e. The summed E-state index contributed by atoms with van der Waals surface area (Å²) >= 11 is 1.67. The minimum atomic E-state index is -0.203. The van der Waals surface area contributed by atoms with Crippen LogP contribution in [0.2, 0.25) is 0 Å². The number of carbonyl (C=O) groups is 1. The second-order valence-corrected chi connectivity index (χ2v) is 3.68. The molecule has 14 heavy (non-hydrogen) atoms. The van der Waals surface area contributed by atoms with E-state index in [1.165, 1.54) is 18.3 Å². The van der Waals surface area contributed by atoms with Crippen molar-refractivity contribution in [3.05, 3.63) is 34.2 Å². The Bertz CT molecular complexity index is 342. The van der Waals surface area contributed by atoms with Crippen molar-refractivity contribution in [2.75, 3.05) is 18.6 Å². The number of nitrogens with one attached hydrogen (secondary N) is 2. The van der Waals surface area contributed by atoms with E-state index in [4.69, 9.17) is 0 Å². The fourth-order valence-electron chi connectivity index (χ4n) is 0.920. The quantitative estimate of drug-likeness (QED) is 0.713. The zero-order chi connectivity index (χ0) is 10.4. The molecule has 0 aliphatic heterocycles. The fourth-order valence-corrected chi connectivity index (χ4v) is 1.23. The fraction of sp³-hybridized carbons (Fsp3) is 0.333. The molecule has 1 heterocycles. The predicted octanol–water partition coefficient (Wildman–Crippen LogP) is 0.468. The SMILES string of the molecule is CSCCNC(=O)c1ccc(=O)[nH]c1. The van der Waals surface area contributed by atoms with Gasteiger partial charge >= 0.3 is 0 Å². The van der Waals surface area contributed by atoms with Gasteiger partial charge in [-0.25, -0.2) is 0 Å². The van der Waals surface area contributed by atoms with E-state index < -0.39 is 0 Å². The molecule has 0 saturated carbocycles. The van der Waals surface area contributed by atoms with Gasteiger partial charge in [-0.1, -0.05) is 0 Å². The molecule has 0 bridgehead atoms. The highest BCUT2D eigenvalue weighted by Gasteiger charge is 2.03.